The first-order valence-corrected chi connectivity index (χ1v) is 6.32. The number of nitrogens with two attached hydrogens (primary N) is 1. The largest absolute Gasteiger partial charge is 0.416 e. The second-order valence-corrected chi connectivity index (χ2v) is 4.83. The molecular formula is C13H7F6N5. The highest BCUT2D eigenvalue weighted by Gasteiger charge is 2.37. The molecule has 0 bridgehead atoms. The van der Waals surface area contributed by atoms with E-state index in [1.54, 1.807) is 0 Å². The van der Waals surface area contributed by atoms with Crippen molar-refractivity contribution in [3.63, 3.8) is 0 Å². The Morgan fingerprint density at radius 3 is 2.00 bits per heavy atom. The number of nitrogens with one attached hydrogen (secondary N) is 1. The molecule has 3 aromatic rings. The molecular weight excluding hydrogens is 340 g/mol. The van der Waals surface area contributed by atoms with E-state index in [2.05, 4.69) is 19.9 Å². The average Bonchev–Trinajstić information content (AvgIpc) is 2.94. The van der Waals surface area contributed by atoms with Crippen LogP contribution in [0.15, 0.2) is 24.5 Å². The Balaban J connectivity index is 2.25. The number of benzene rings is 1. The first kappa shape index (κ1) is 16.0. The van der Waals surface area contributed by atoms with Crippen molar-refractivity contribution < 1.29 is 26.3 Å². The molecule has 2 heterocycles. The number of H-pyrrole nitrogens is 1. The minimum atomic E-state index is -4.96. The number of aromatic amines is 1. The topological polar surface area (TPSA) is 80.5 Å². The van der Waals surface area contributed by atoms with Crippen molar-refractivity contribution in [2.24, 2.45) is 0 Å². The van der Waals surface area contributed by atoms with Gasteiger partial charge in [0.05, 0.1) is 17.5 Å². The summed E-state index contributed by atoms with van der Waals surface area (Å²) in [5, 5.41) is 0. The number of hydrogen-bond donors (Lipinski definition) is 2. The summed E-state index contributed by atoms with van der Waals surface area (Å²) in [6.45, 7) is 0. The Bertz CT molecular complexity index is 879. The lowest BCUT2D eigenvalue weighted by molar-refractivity contribution is -0.143. The van der Waals surface area contributed by atoms with E-state index in [0.29, 0.717) is 12.1 Å². The highest BCUT2D eigenvalue weighted by atomic mass is 19.4. The van der Waals surface area contributed by atoms with E-state index in [1.165, 1.54) is 6.33 Å². The molecule has 0 radical (unpaired) electrons. The van der Waals surface area contributed by atoms with Crippen LogP contribution in [0.3, 0.4) is 0 Å². The number of imidazole rings is 1. The Morgan fingerprint density at radius 1 is 0.875 bits per heavy atom. The smallest absolute Gasteiger partial charge is 0.382 e. The van der Waals surface area contributed by atoms with Crippen LogP contribution in [0.5, 0.6) is 0 Å². The third-order valence-corrected chi connectivity index (χ3v) is 3.16. The number of fused-ring (bicyclic) bond motifs is 1. The molecule has 11 heteroatoms. The number of alkyl halides is 6. The maximum atomic E-state index is 12.9. The van der Waals surface area contributed by atoms with Gasteiger partial charge in [0, 0.05) is 5.56 Å². The summed E-state index contributed by atoms with van der Waals surface area (Å²) in [6, 6.07) is 1.09. The van der Waals surface area contributed by atoms with Crippen LogP contribution in [-0.4, -0.2) is 19.9 Å². The fourth-order valence-electron chi connectivity index (χ4n) is 2.07. The number of halogens is 6. The number of aromatic nitrogens is 4. The first-order chi connectivity index (χ1) is 11.1. The predicted molar refractivity (Wildman–Crippen MR) is 71.5 cm³/mol. The minimum absolute atomic E-state index is 0.0277. The molecule has 0 saturated carbocycles. The molecule has 3 rings (SSSR count). The van der Waals surface area contributed by atoms with Gasteiger partial charge >= 0.3 is 12.4 Å². The number of nitrogens with zero attached hydrogens (tertiary/aromatic N) is 3. The zero-order valence-electron chi connectivity index (χ0n) is 11.5. The van der Waals surface area contributed by atoms with Crippen LogP contribution in [0.2, 0.25) is 0 Å². The molecule has 1 aromatic carbocycles. The summed E-state index contributed by atoms with van der Waals surface area (Å²) in [5.74, 6) is -0.526. The zero-order valence-corrected chi connectivity index (χ0v) is 11.5. The summed E-state index contributed by atoms with van der Waals surface area (Å²) in [7, 11) is 0. The molecule has 0 amide bonds. The van der Waals surface area contributed by atoms with Crippen molar-refractivity contribution in [1.29, 1.82) is 0 Å². The fourth-order valence-corrected chi connectivity index (χ4v) is 2.07. The molecule has 3 N–H and O–H groups in total. The molecule has 0 spiro atoms. The number of nitrogen functional groups attached to an aromatic ring is 1. The standard InChI is InChI=1S/C13H7F6N5/c14-12(15,16)6-1-5(2-7(3-6)13(17,18)19)10-23-9(20)8-11(24-10)22-4-21-8/h1-4H,(H3,20,21,22,23,24). The third kappa shape index (κ3) is 2.84. The molecule has 24 heavy (non-hydrogen) atoms. The highest BCUT2D eigenvalue weighted by Crippen LogP contribution is 2.38. The number of anilines is 1. The maximum Gasteiger partial charge on any atom is 0.416 e. The molecule has 0 unspecified atom stereocenters. The van der Waals surface area contributed by atoms with Gasteiger partial charge in [0.25, 0.3) is 0 Å². The molecule has 0 aliphatic heterocycles. The second-order valence-electron chi connectivity index (χ2n) is 4.83. The quantitative estimate of drug-likeness (QED) is 0.659. The van der Waals surface area contributed by atoms with Crippen molar-refractivity contribution >= 4 is 17.0 Å². The van der Waals surface area contributed by atoms with Gasteiger partial charge in [0.15, 0.2) is 17.3 Å². The van der Waals surface area contributed by atoms with E-state index in [1.807, 2.05) is 0 Å². The summed E-state index contributed by atoms with van der Waals surface area (Å²) in [5.41, 5.74) is 2.50. The summed E-state index contributed by atoms with van der Waals surface area (Å²) < 4.78 is 77.3. The number of rotatable bonds is 1. The lowest BCUT2D eigenvalue weighted by atomic mass is 10.0. The van der Waals surface area contributed by atoms with E-state index >= 15 is 0 Å². The second kappa shape index (κ2) is 5.08. The van der Waals surface area contributed by atoms with Crippen molar-refractivity contribution in [3.8, 4) is 11.4 Å². The van der Waals surface area contributed by atoms with Gasteiger partial charge in [0.2, 0.25) is 0 Å². The molecule has 0 aliphatic carbocycles. The lowest BCUT2D eigenvalue weighted by Gasteiger charge is -2.13. The van der Waals surface area contributed by atoms with Gasteiger partial charge in [-0.25, -0.2) is 15.0 Å². The third-order valence-electron chi connectivity index (χ3n) is 3.16. The van der Waals surface area contributed by atoms with Gasteiger partial charge in [-0.1, -0.05) is 0 Å². The van der Waals surface area contributed by atoms with Crippen LogP contribution >= 0.6 is 0 Å². The fraction of sp³-hybridized carbons (Fsp3) is 0.154. The van der Waals surface area contributed by atoms with Gasteiger partial charge in [-0.05, 0) is 18.2 Å². The molecule has 0 aliphatic rings. The van der Waals surface area contributed by atoms with Crippen LogP contribution in [0.4, 0.5) is 32.2 Å². The van der Waals surface area contributed by atoms with Gasteiger partial charge in [-0.3, -0.25) is 0 Å². The van der Waals surface area contributed by atoms with E-state index in [0.717, 1.165) is 0 Å². The van der Waals surface area contributed by atoms with Crippen LogP contribution in [0.25, 0.3) is 22.6 Å². The molecule has 5 nitrogen and oxygen atoms in total. The van der Waals surface area contributed by atoms with Gasteiger partial charge in [0.1, 0.15) is 5.52 Å². The van der Waals surface area contributed by atoms with Crippen LogP contribution in [0.1, 0.15) is 11.1 Å². The van der Waals surface area contributed by atoms with E-state index in [9.17, 15) is 26.3 Å². The maximum absolute atomic E-state index is 12.9. The molecule has 0 saturated heterocycles. The molecule has 0 fully saturated rings. The summed E-state index contributed by atoms with van der Waals surface area (Å²) >= 11 is 0. The Kier molecular flexibility index (Phi) is 3.39. The van der Waals surface area contributed by atoms with Crippen LogP contribution in [-0.2, 0) is 12.4 Å². The Morgan fingerprint density at radius 2 is 1.46 bits per heavy atom. The van der Waals surface area contributed by atoms with E-state index in [4.69, 9.17) is 5.73 Å². The van der Waals surface area contributed by atoms with Crippen LogP contribution < -0.4 is 5.73 Å². The Labute approximate surface area is 129 Å². The Hall–Kier alpha value is -2.85. The van der Waals surface area contributed by atoms with E-state index in [-0.39, 0.29) is 28.9 Å². The van der Waals surface area contributed by atoms with Crippen molar-refractivity contribution in [2.75, 3.05) is 5.73 Å². The zero-order chi connectivity index (χ0) is 17.7. The van der Waals surface area contributed by atoms with Crippen LogP contribution in [0, 0.1) is 0 Å². The van der Waals surface area contributed by atoms with Gasteiger partial charge < -0.3 is 10.7 Å². The molecule has 126 valence electrons. The monoisotopic (exact) mass is 347 g/mol. The van der Waals surface area contributed by atoms with Gasteiger partial charge in [-0.2, -0.15) is 26.3 Å². The lowest BCUT2D eigenvalue weighted by Crippen LogP contribution is -2.11. The average molecular weight is 347 g/mol. The summed E-state index contributed by atoms with van der Waals surface area (Å²) in [6.07, 6.45) is -8.69. The van der Waals surface area contributed by atoms with E-state index < -0.39 is 29.0 Å². The molecule has 2 aromatic heterocycles. The predicted octanol–water partition coefficient (Wildman–Crippen LogP) is 3.64. The first-order valence-electron chi connectivity index (χ1n) is 6.32. The van der Waals surface area contributed by atoms with Crippen molar-refractivity contribution in [3.05, 3.63) is 35.7 Å². The normalized spacial score (nSPS) is 12.8. The highest BCUT2D eigenvalue weighted by molar-refractivity contribution is 5.83. The molecule has 0 atom stereocenters. The SMILES string of the molecule is Nc1nc(-c2cc(C(F)(F)F)cc(C(F)(F)F)c2)nc2nc[nH]c12. The number of hydrogen-bond acceptors (Lipinski definition) is 4. The van der Waals surface area contributed by atoms with Crippen molar-refractivity contribution in [1.82, 2.24) is 19.9 Å². The minimum Gasteiger partial charge on any atom is -0.382 e. The summed E-state index contributed by atoms with van der Waals surface area (Å²) in [4.78, 5) is 14.0. The van der Waals surface area contributed by atoms with Crippen molar-refractivity contribution in [2.45, 2.75) is 12.4 Å². The van der Waals surface area contributed by atoms with Gasteiger partial charge in [-0.15, -0.1) is 0 Å².